The summed E-state index contributed by atoms with van der Waals surface area (Å²) in [5.41, 5.74) is -5.90. The molecule has 1 rings (SSSR count). The Balaban J connectivity index is 3.29. The van der Waals surface area contributed by atoms with Crippen LogP contribution in [0.15, 0.2) is 18.2 Å². The van der Waals surface area contributed by atoms with Crippen LogP contribution in [0.1, 0.15) is 24.2 Å². The van der Waals surface area contributed by atoms with Gasteiger partial charge in [0.05, 0.1) is 5.56 Å². The first-order valence-corrected chi connectivity index (χ1v) is 8.36. The van der Waals surface area contributed by atoms with Gasteiger partial charge in [-0.3, -0.25) is 4.79 Å². The van der Waals surface area contributed by atoms with Gasteiger partial charge < -0.3 is 13.3 Å². The smallest absolute Gasteiger partial charge is 0.372 e. The zero-order valence-corrected chi connectivity index (χ0v) is 14.3. The van der Waals surface area contributed by atoms with Crippen LogP contribution in [0, 0.1) is 11.6 Å². The summed E-state index contributed by atoms with van der Waals surface area (Å²) < 4.78 is 83.8. The normalized spacial score (nSPS) is 12.6. The lowest BCUT2D eigenvalue weighted by Crippen LogP contribution is -2.67. The van der Waals surface area contributed by atoms with Gasteiger partial charge in [-0.15, -0.1) is 5.12 Å². The molecule has 0 spiro atoms. The Morgan fingerprint density at radius 1 is 1.21 bits per heavy atom. The van der Waals surface area contributed by atoms with Crippen molar-refractivity contribution in [1.82, 2.24) is 5.12 Å². The Kier molecular flexibility index (Phi) is 6.44. The molecule has 0 saturated heterocycles. The molecule has 0 bridgehead atoms. The van der Waals surface area contributed by atoms with E-state index in [1.807, 2.05) is 0 Å². The van der Waals surface area contributed by atoms with Crippen molar-refractivity contribution < 1.29 is 40.1 Å². The summed E-state index contributed by atoms with van der Waals surface area (Å²) in [6, 6.07) is 2.19. The lowest BCUT2D eigenvalue weighted by Gasteiger charge is -2.36. The van der Waals surface area contributed by atoms with E-state index in [4.69, 9.17) is 4.43 Å². The van der Waals surface area contributed by atoms with Crippen LogP contribution in [0.3, 0.4) is 0 Å². The standard InChI is InChI=1S/C13H16F5NO4Si/c1-8(2)23-24(21-3,22-4)13(16,17)19(18)12(20)9-6-5-7-10(14)11(9)15/h5-8H,1-4H3. The fraction of sp³-hybridized carbons (Fsp3) is 0.462. The van der Waals surface area contributed by atoms with Gasteiger partial charge in [-0.05, 0) is 26.0 Å². The van der Waals surface area contributed by atoms with Gasteiger partial charge in [0.25, 0.3) is 5.91 Å². The van der Waals surface area contributed by atoms with Gasteiger partial charge in [-0.25, -0.2) is 8.78 Å². The largest absolute Gasteiger partial charge is 0.602 e. The van der Waals surface area contributed by atoms with Crippen molar-refractivity contribution in [1.29, 1.82) is 0 Å². The maximum Gasteiger partial charge on any atom is 0.602 e. The van der Waals surface area contributed by atoms with E-state index in [0.717, 1.165) is 20.3 Å². The topological polar surface area (TPSA) is 48.0 Å². The van der Waals surface area contributed by atoms with Crippen LogP contribution in [0.4, 0.5) is 22.0 Å². The van der Waals surface area contributed by atoms with Gasteiger partial charge in [0.2, 0.25) is 0 Å². The van der Waals surface area contributed by atoms with Crippen LogP contribution < -0.4 is 0 Å². The molecular formula is C13H16F5NO4Si. The molecular weight excluding hydrogens is 357 g/mol. The number of halogens is 5. The van der Waals surface area contributed by atoms with E-state index in [1.165, 1.54) is 13.8 Å². The van der Waals surface area contributed by atoms with E-state index >= 15 is 0 Å². The van der Waals surface area contributed by atoms with Gasteiger partial charge in [-0.2, -0.15) is 8.78 Å². The Labute approximate surface area is 136 Å². The van der Waals surface area contributed by atoms with E-state index in [-0.39, 0.29) is 0 Å². The lowest BCUT2D eigenvalue weighted by molar-refractivity contribution is -0.193. The van der Waals surface area contributed by atoms with Crippen molar-refractivity contribution in [2.24, 2.45) is 0 Å². The van der Waals surface area contributed by atoms with E-state index in [0.29, 0.717) is 12.1 Å². The highest BCUT2D eigenvalue weighted by Crippen LogP contribution is 2.35. The summed E-state index contributed by atoms with van der Waals surface area (Å²) >= 11 is 0. The Morgan fingerprint density at radius 3 is 2.21 bits per heavy atom. The van der Waals surface area contributed by atoms with Gasteiger partial charge in [-0.1, -0.05) is 10.5 Å². The molecule has 0 aromatic heterocycles. The quantitative estimate of drug-likeness (QED) is 0.319. The highest BCUT2D eigenvalue weighted by molar-refractivity contribution is 6.63. The number of hydrogen-bond acceptors (Lipinski definition) is 4. The first-order chi connectivity index (χ1) is 11.0. The van der Waals surface area contributed by atoms with Gasteiger partial charge >= 0.3 is 14.5 Å². The lowest BCUT2D eigenvalue weighted by atomic mass is 10.2. The second kappa shape index (κ2) is 7.55. The first-order valence-electron chi connectivity index (χ1n) is 6.64. The van der Waals surface area contributed by atoms with Crippen LogP contribution in [0.25, 0.3) is 0 Å². The average molecular weight is 373 g/mol. The molecule has 0 N–H and O–H groups in total. The third kappa shape index (κ3) is 3.58. The minimum Gasteiger partial charge on any atom is -0.372 e. The molecule has 1 amide bonds. The Morgan fingerprint density at radius 2 is 1.75 bits per heavy atom. The van der Waals surface area contributed by atoms with Crippen molar-refractivity contribution in [3.8, 4) is 0 Å². The highest BCUT2D eigenvalue weighted by atomic mass is 28.4. The third-order valence-corrected chi connectivity index (χ3v) is 5.69. The molecule has 136 valence electrons. The Hall–Kier alpha value is -1.56. The SMILES string of the molecule is CO[Si](OC)(OC(C)C)C(F)(F)N(F)C(=O)c1cccc(F)c1F. The monoisotopic (exact) mass is 373 g/mol. The zero-order chi connectivity index (χ0) is 18.7. The minimum absolute atomic E-state index is 0.651. The van der Waals surface area contributed by atoms with Crippen LogP contribution in [-0.2, 0) is 13.3 Å². The highest BCUT2D eigenvalue weighted by Gasteiger charge is 2.70. The van der Waals surface area contributed by atoms with Gasteiger partial charge in [0, 0.05) is 20.3 Å². The molecule has 0 unspecified atom stereocenters. The molecule has 0 fully saturated rings. The van der Waals surface area contributed by atoms with Gasteiger partial charge in [0.1, 0.15) is 0 Å². The molecule has 0 aliphatic rings. The molecule has 1 aromatic carbocycles. The van der Waals surface area contributed by atoms with Crippen molar-refractivity contribution >= 4 is 14.7 Å². The second-order valence-electron chi connectivity index (χ2n) is 4.86. The predicted molar refractivity (Wildman–Crippen MR) is 74.6 cm³/mol. The molecule has 5 nitrogen and oxygen atoms in total. The maximum absolute atomic E-state index is 14.5. The van der Waals surface area contributed by atoms with Crippen LogP contribution in [0.5, 0.6) is 0 Å². The summed E-state index contributed by atoms with van der Waals surface area (Å²) in [7, 11) is -3.45. The zero-order valence-electron chi connectivity index (χ0n) is 13.3. The number of carbonyl (C=O) groups is 1. The number of rotatable bonds is 7. The summed E-state index contributed by atoms with van der Waals surface area (Å²) in [6.07, 6.45) is -0.850. The van der Waals surface area contributed by atoms with Crippen molar-refractivity contribution in [2.75, 3.05) is 14.2 Å². The number of nitrogens with zero attached hydrogens (tertiary/aromatic N) is 1. The van der Waals surface area contributed by atoms with E-state index in [1.54, 1.807) is 0 Å². The summed E-state index contributed by atoms with van der Waals surface area (Å²) in [4.78, 5) is 11.8. The molecule has 0 aliphatic carbocycles. The number of benzene rings is 1. The number of hydrogen-bond donors (Lipinski definition) is 0. The number of amides is 1. The van der Waals surface area contributed by atoms with Crippen molar-refractivity contribution in [2.45, 2.75) is 25.6 Å². The fourth-order valence-electron chi connectivity index (χ4n) is 1.83. The molecule has 0 radical (unpaired) electrons. The van der Waals surface area contributed by atoms with E-state index < -0.39 is 48.8 Å². The number of alkyl halides is 2. The maximum atomic E-state index is 14.5. The summed E-state index contributed by atoms with van der Waals surface area (Å²) in [6.45, 7) is 2.74. The molecule has 0 heterocycles. The average Bonchev–Trinajstić information content (AvgIpc) is 2.53. The van der Waals surface area contributed by atoms with Crippen LogP contribution in [0.2, 0.25) is 0 Å². The molecule has 1 aromatic rings. The molecule has 0 atom stereocenters. The fourth-order valence-corrected chi connectivity index (χ4v) is 3.78. The summed E-state index contributed by atoms with van der Waals surface area (Å²) in [5, 5.41) is -1.56. The first kappa shape index (κ1) is 20.5. The van der Waals surface area contributed by atoms with Gasteiger partial charge in [0.15, 0.2) is 11.6 Å². The predicted octanol–water partition coefficient (Wildman–Crippen LogP) is 3.08. The minimum atomic E-state index is -5.04. The van der Waals surface area contributed by atoms with E-state index in [9.17, 15) is 26.8 Å². The molecule has 0 saturated carbocycles. The van der Waals surface area contributed by atoms with Crippen LogP contribution in [-0.4, -0.2) is 45.8 Å². The molecule has 24 heavy (non-hydrogen) atoms. The van der Waals surface area contributed by atoms with Crippen molar-refractivity contribution in [3.63, 3.8) is 0 Å². The van der Waals surface area contributed by atoms with Crippen molar-refractivity contribution in [3.05, 3.63) is 35.4 Å². The third-order valence-electron chi connectivity index (χ3n) is 2.90. The Bertz CT molecular complexity index is 598. The molecule has 0 aliphatic heterocycles. The number of carbonyl (C=O) groups excluding carboxylic acids is 1. The molecule has 11 heteroatoms. The second-order valence-corrected chi connectivity index (χ2v) is 7.63. The summed E-state index contributed by atoms with van der Waals surface area (Å²) in [5.74, 6) is -5.35. The van der Waals surface area contributed by atoms with E-state index in [2.05, 4.69) is 8.85 Å². The van der Waals surface area contributed by atoms with Crippen LogP contribution >= 0.6 is 0 Å².